The van der Waals surface area contributed by atoms with Crippen LogP contribution in [0.4, 0.5) is 0 Å². The van der Waals surface area contributed by atoms with Crippen molar-refractivity contribution in [1.82, 2.24) is 16.1 Å². The molecule has 8 nitrogen and oxygen atoms in total. The summed E-state index contributed by atoms with van der Waals surface area (Å²) in [7, 11) is 1.50. The van der Waals surface area contributed by atoms with E-state index in [2.05, 4.69) is 10.6 Å². The molecule has 1 rings (SSSR count). The van der Waals surface area contributed by atoms with E-state index in [9.17, 15) is 14.4 Å². The van der Waals surface area contributed by atoms with Gasteiger partial charge in [-0.2, -0.15) is 0 Å². The number of halogens is 1. The lowest BCUT2D eigenvalue weighted by Gasteiger charge is -2.31. The van der Waals surface area contributed by atoms with Crippen LogP contribution in [0.15, 0.2) is 24.3 Å². The van der Waals surface area contributed by atoms with Crippen molar-refractivity contribution >= 4 is 29.3 Å². The van der Waals surface area contributed by atoms with E-state index in [1.54, 1.807) is 29.7 Å². The molecule has 168 valence electrons. The molecule has 30 heavy (non-hydrogen) atoms. The average molecular weight is 442 g/mol. The van der Waals surface area contributed by atoms with Crippen LogP contribution in [-0.2, 0) is 14.4 Å². The van der Waals surface area contributed by atoms with Gasteiger partial charge in [-0.3, -0.25) is 19.6 Å². The first-order chi connectivity index (χ1) is 14.1. The standard InChI is InChI=1S/C21H32ClN3O5/c1-21(2,3)18(20(28)23-4)24-19(27)14(13-17(26)25-29)7-5-6-12-30-16-10-8-15(22)9-11-16/h8-11,14,18,29H,5-7,12-13H2,1-4H3,(H,23,28)(H,24,27)(H,25,26)/t14-,18-/m1/s1. The molecule has 0 aromatic heterocycles. The highest BCUT2D eigenvalue weighted by Crippen LogP contribution is 2.22. The SMILES string of the molecule is CNC(=O)[C@@H](NC(=O)[C@H](CCCCOc1ccc(Cl)cc1)CC(=O)NO)C(C)(C)C. The van der Waals surface area contributed by atoms with Gasteiger partial charge in [0.15, 0.2) is 0 Å². The molecule has 2 atom stereocenters. The summed E-state index contributed by atoms with van der Waals surface area (Å²) in [6, 6.07) is 6.28. The van der Waals surface area contributed by atoms with Crippen LogP contribution in [0.3, 0.4) is 0 Å². The van der Waals surface area contributed by atoms with Crippen LogP contribution in [0.2, 0.25) is 5.02 Å². The number of benzene rings is 1. The third-order valence-corrected chi connectivity index (χ3v) is 4.87. The number of nitrogens with one attached hydrogen (secondary N) is 3. The van der Waals surface area contributed by atoms with Crippen LogP contribution in [0.25, 0.3) is 0 Å². The lowest BCUT2D eigenvalue weighted by molar-refractivity contribution is -0.137. The van der Waals surface area contributed by atoms with Crippen LogP contribution in [0, 0.1) is 11.3 Å². The lowest BCUT2D eigenvalue weighted by Crippen LogP contribution is -2.54. The predicted octanol–water partition coefficient (Wildman–Crippen LogP) is 2.68. The Bertz CT molecular complexity index is 704. The zero-order chi connectivity index (χ0) is 22.7. The Morgan fingerprint density at radius 2 is 1.73 bits per heavy atom. The van der Waals surface area contributed by atoms with Gasteiger partial charge in [0.2, 0.25) is 17.7 Å². The van der Waals surface area contributed by atoms with E-state index in [0.29, 0.717) is 36.6 Å². The van der Waals surface area contributed by atoms with Crippen molar-refractivity contribution in [3.05, 3.63) is 29.3 Å². The Kier molecular flexibility index (Phi) is 10.6. The summed E-state index contributed by atoms with van der Waals surface area (Å²) in [5.41, 5.74) is 1.05. The Balaban J connectivity index is 2.64. The molecular formula is C21H32ClN3O5. The summed E-state index contributed by atoms with van der Waals surface area (Å²) in [4.78, 5) is 36.6. The second-order valence-corrected chi connectivity index (χ2v) is 8.59. The Hall–Kier alpha value is -2.32. The van der Waals surface area contributed by atoms with Crippen molar-refractivity contribution < 1.29 is 24.3 Å². The highest BCUT2D eigenvalue weighted by atomic mass is 35.5. The molecule has 0 spiro atoms. The van der Waals surface area contributed by atoms with Crippen LogP contribution < -0.4 is 20.9 Å². The van der Waals surface area contributed by atoms with Gasteiger partial charge < -0.3 is 15.4 Å². The minimum Gasteiger partial charge on any atom is -0.494 e. The van der Waals surface area contributed by atoms with E-state index in [4.69, 9.17) is 21.5 Å². The monoisotopic (exact) mass is 441 g/mol. The number of carbonyl (C=O) groups excluding carboxylic acids is 3. The number of rotatable bonds is 11. The number of hydrogen-bond acceptors (Lipinski definition) is 5. The maximum absolute atomic E-state index is 12.8. The number of hydrogen-bond donors (Lipinski definition) is 4. The molecule has 4 N–H and O–H groups in total. The number of likely N-dealkylation sites (N-methyl/N-ethyl adjacent to an activating group) is 1. The summed E-state index contributed by atoms with van der Waals surface area (Å²) < 4.78 is 5.63. The molecule has 0 heterocycles. The maximum Gasteiger partial charge on any atom is 0.244 e. The van der Waals surface area contributed by atoms with Gasteiger partial charge in [-0.15, -0.1) is 0 Å². The normalized spacial score (nSPS) is 13.1. The molecule has 0 fully saturated rings. The van der Waals surface area contributed by atoms with Crippen LogP contribution >= 0.6 is 11.6 Å². The second-order valence-electron chi connectivity index (χ2n) is 8.16. The summed E-state index contributed by atoms with van der Waals surface area (Å²) in [5, 5.41) is 14.8. The third kappa shape index (κ3) is 9.00. The molecule has 0 saturated heterocycles. The largest absolute Gasteiger partial charge is 0.494 e. The van der Waals surface area contributed by atoms with Gasteiger partial charge in [-0.05, 0) is 48.9 Å². The quantitative estimate of drug-likeness (QED) is 0.239. The van der Waals surface area contributed by atoms with Gasteiger partial charge in [0, 0.05) is 24.4 Å². The highest BCUT2D eigenvalue weighted by Gasteiger charge is 2.34. The maximum atomic E-state index is 12.8. The van der Waals surface area contributed by atoms with Crippen molar-refractivity contribution in [2.75, 3.05) is 13.7 Å². The van der Waals surface area contributed by atoms with Crippen molar-refractivity contribution in [3.8, 4) is 5.75 Å². The van der Waals surface area contributed by atoms with Crippen LogP contribution in [-0.4, -0.2) is 42.6 Å². The molecule has 0 unspecified atom stereocenters. The van der Waals surface area contributed by atoms with Crippen LogP contribution in [0.5, 0.6) is 5.75 Å². The zero-order valence-electron chi connectivity index (χ0n) is 18.0. The van der Waals surface area contributed by atoms with E-state index in [0.717, 1.165) is 0 Å². The molecule has 1 aromatic rings. The minimum atomic E-state index is -0.747. The number of ether oxygens (including phenoxy) is 1. The van der Waals surface area contributed by atoms with E-state index in [-0.39, 0.29) is 12.3 Å². The van der Waals surface area contributed by atoms with Gasteiger partial charge in [0.05, 0.1) is 6.61 Å². The smallest absolute Gasteiger partial charge is 0.244 e. The summed E-state index contributed by atoms with van der Waals surface area (Å²) in [6.45, 7) is 5.98. The van der Waals surface area contributed by atoms with Crippen molar-refractivity contribution in [3.63, 3.8) is 0 Å². The Morgan fingerprint density at radius 1 is 1.10 bits per heavy atom. The average Bonchev–Trinajstić information content (AvgIpc) is 2.70. The fourth-order valence-electron chi connectivity index (χ4n) is 2.89. The number of unbranched alkanes of at least 4 members (excludes halogenated alkanes) is 1. The molecule has 1 aromatic carbocycles. The van der Waals surface area contributed by atoms with Gasteiger partial charge in [0.1, 0.15) is 11.8 Å². The van der Waals surface area contributed by atoms with Gasteiger partial charge in [-0.1, -0.05) is 32.4 Å². The van der Waals surface area contributed by atoms with E-state index in [1.807, 2.05) is 20.8 Å². The molecule has 9 heteroatoms. The van der Waals surface area contributed by atoms with E-state index in [1.165, 1.54) is 7.05 Å². The third-order valence-electron chi connectivity index (χ3n) is 4.62. The Labute approximate surface area is 182 Å². The molecule has 0 bridgehead atoms. The lowest BCUT2D eigenvalue weighted by atomic mass is 9.85. The van der Waals surface area contributed by atoms with Gasteiger partial charge >= 0.3 is 0 Å². The first-order valence-corrected chi connectivity index (χ1v) is 10.3. The predicted molar refractivity (Wildman–Crippen MR) is 114 cm³/mol. The van der Waals surface area contributed by atoms with Crippen molar-refractivity contribution in [2.45, 2.75) is 52.5 Å². The summed E-state index contributed by atoms with van der Waals surface area (Å²) in [5.74, 6) is -1.34. The molecule has 3 amide bonds. The first-order valence-electron chi connectivity index (χ1n) is 9.91. The van der Waals surface area contributed by atoms with Crippen molar-refractivity contribution in [1.29, 1.82) is 0 Å². The minimum absolute atomic E-state index is 0.176. The van der Waals surface area contributed by atoms with E-state index < -0.39 is 29.2 Å². The molecule has 0 aliphatic rings. The summed E-state index contributed by atoms with van der Waals surface area (Å²) >= 11 is 5.84. The van der Waals surface area contributed by atoms with Gasteiger partial charge in [0.25, 0.3) is 0 Å². The Morgan fingerprint density at radius 3 is 2.27 bits per heavy atom. The molecular weight excluding hydrogens is 410 g/mol. The van der Waals surface area contributed by atoms with Crippen LogP contribution in [0.1, 0.15) is 46.5 Å². The van der Waals surface area contributed by atoms with Gasteiger partial charge in [-0.25, -0.2) is 5.48 Å². The molecule has 0 radical (unpaired) electrons. The number of amides is 3. The first kappa shape index (κ1) is 25.7. The number of hydroxylamine groups is 1. The fraction of sp³-hybridized carbons (Fsp3) is 0.571. The summed E-state index contributed by atoms with van der Waals surface area (Å²) in [6.07, 6.45) is 1.54. The molecule has 0 aliphatic carbocycles. The zero-order valence-corrected chi connectivity index (χ0v) is 18.7. The fourth-order valence-corrected chi connectivity index (χ4v) is 3.01. The van der Waals surface area contributed by atoms with Crippen molar-refractivity contribution in [2.24, 2.45) is 11.3 Å². The second kappa shape index (κ2) is 12.4. The highest BCUT2D eigenvalue weighted by molar-refractivity contribution is 6.30. The molecule has 0 saturated carbocycles. The number of carbonyl (C=O) groups is 3. The topological polar surface area (TPSA) is 117 Å². The molecule has 0 aliphatic heterocycles. The van der Waals surface area contributed by atoms with E-state index >= 15 is 0 Å².